The number of nitrogens with zero attached hydrogens (tertiary/aromatic N) is 4. The summed E-state index contributed by atoms with van der Waals surface area (Å²) in [6, 6.07) is 0.557. The Morgan fingerprint density at radius 1 is 1.20 bits per heavy atom. The third-order valence-corrected chi connectivity index (χ3v) is 5.80. The number of hydrogen-bond donors (Lipinski definition) is 1. The van der Waals surface area contributed by atoms with Gasteiger partial charge >= 0.3 is 0 Å². The van der Waals surface area contributed by atoms with Gasteiger partial charge in [0.15, 0.2) is 5.82 Å². The van der Waals surface area contributed by atoms with Crippen LogP contribution in [-0.2, 0) is 4.79 Å². The molecule has 1 atom stereocenters. The van der Waals surface area contributed by atoms with E-state index >= 15 is 0 Å². The van der Waals surface area contributed by atoms with E-state index in [1.54, 1.807) is 0 Å². The maximum Gasteiger partial charge on any atom is 0.243 e. The van der Waals surface area contributed by atoms with E-state index in [9.17, 15) is 4.79 Å². The molecule has 0 aromatic carbocycles. The highest BCUT2D eigenvalue weighted by molar-refractivity contribution is 5.78. The van der Waals surface area contributed by atoms with Gasteiger partial charge in [0.2, 0.25) is 11.8 Å². The first-order valence-corrected chi connectivity index (χ1v) is 9.78. The monoisotopic (exact) mass is 347 g/mol. The molecular formula is C18H29N5O2. The van der Waals surface area contributed by atoms with Gasteiger partial charge in [0.25, 0.3) is 0 Å². The average molecular weight is 347 g/mol. The number of aromatic nitrogens is 2. The van der Waals surface area contributed by atoms with E-state index in [4.69, 9.17) is 4.52 Å². The molecule has 0 spiro atoms. The summed E-state index contributed by atoms with van der Waals surface area (Å²) in [6.45, 7) is 6.33. The van der Waals surface area contributed by atoms with E-state index in [2.05, 4.69) is 32.2 Å². The molecule has 7 heteroatoms. The van der Waals surface area contributed by atoms with Gasteiger partial charge in [0.05, 0.1) is 12.6 Å². The summed E-state index contributed by atoms with van der Waals surface area (Å²) in [5.74, 6) is 2.32. The molecule has 3 aliphatic rings. The van der Waals surface area contributed by atoms with Crippen LogP contribution in [0.3, 0.4) is 0 Å². The van der Waals surface area contributed by atoms with Crippen LogP contribution in [0.15, 0.2) is 4.52 Å². The molecule has 2 heterocycles. The largest absolute Gasteiger partial charge is 0.352 e. The molecule has 3 fully saturated rings. The van der Waals surface area contributed by atoms with Crippen LogP contribution in [0.4, 0.5) is 0 Å². The number of nitrogens with one attached hydrogen (secondary N) is 1. The van der Waals surface area contributed by atoms with E-state index < -0.39 is 0 Å². The van der Waals surface area contributed by atoms with Crippen molar-refractivity contribution in [3.63, 3.8) is 0 Å². The predicted molar refractivity (Wildman–Crippen MR) is 93.1 cm³/mol. The summed E-state index contributed by atoms with van der Waals surface area (Å²) in [4.78, 5) is 21.4. The fraction of sp³-hybridized carbons (Fsp3) is 0.833. The zero-order chi connectivity index (χ0) is 17.2. The van der Waals surface area contributed by atoms with E-state index in [1.165, 1.54) is 25.7 Å². The van der Waals surface area contributed by atoms with Gasteiger partial charge in [-0.2, -0.15) is 4.98 Å². The Morgan fingerprint density at radius 3 is 2.60 bits per heavy atom. The Labute approximate surface area is 149 Å². The SMILES string of the molecule is C[C@H](c1nc(C2CC2)no1)N1CCN(CC(=O)NC2CCCC2)CC1. The van der Waals surface area contributed by atoms with Crippen molar-refractivity contribution in [1.82, 2.24) is 25.3 Å². The van der Waals surface area contributed by atoms with Crippen molar-refractivity contribution in [1.29, 1.82) is 0 Å². The van der Waals surface area contributed by atoms with Crippen LogP contribution < -0.4 is 5.32 Å². The van der Waals surface area contributed by atoms with Crippen LogP contribution >= 0.6 is 0 Å². The molecule has 4 rings (SSSR count). The number of hydrogen-bond acceptors (Lipinski definition) is 6. The maximum absolute atomic E-state index is 12.2. The van der Waals surface area contributed by atoms with Gasteiger partial charge in [-0.1, -0.05) is 18.0 Å². The minimum absolute atomic E-state index is 0.148. The van der Waals surface area contributed by atoms with Crippen LogP contribution in [0.2, 0.25) is 0 Å². The van der Waals surface area contributed by atoms with Gasteiger partial charge in [-0.15, -0.1) is 0 Å². The van der Waals surface area contributed by atoms with Crippen LogP contribution in [0, 0.1) is 0 Å². The minimum atomic E-state index is 0.148. The number of carbonyl (C=O) groups is 1. The van der Waals surface area contributed by atoms with Crippen LogP contribution in [0.5, 0.6) is 0 Å². The lowest BCUT2D eigenvalue weighted by Gasteiger charge is -2.36. The third kappa shape index (κ3) is 4.20. The van der Waals surface area contributed by atoms with E-state index in [-0.39, 0.29) is 11.9 Å². The Bertz CT molecular complexity index is 586. The first-order chi connectivity index (χ1) is 12.2. The summed E-state index contributed by atoms with van der Waals surface area (Å²) in [7, 11) is 0. The number of rotatable bonds is 6. The Morgan fingerprint density at radius 2 is 1.92 bits per heavy atom. The van der Waals surface area contributed by atoms with Crippen molar-refractivity contribution in [2.75, 3.05) is 32.7 Å². The Kier molecular flexibility index (Phi) is 5.03. The van der Waals surface area contributed by atoms with Crippen molar-refractivity contribution in [2.24, 2.45) is 0 Å². The molecule has 25 heavy (non-hydrogen) atoms. The smallest absolute Gasteiger partial charge is 0.243 e. The molecule has 138 valence electrons. The summed E-state index contributed by atoms with van der Waals surface area (Å²) in [5.41, 5.74) is 0. The Balaban J connectivity index is 1.22. The molecule has 1 N–H and O–H groups in total. The van der Waals surface area contributed by atoms with Crippen LogP contribution in [0.1, 0.15) is 69.1 Å². The molecule has 0 bridgehead atoms. The van der Waals surface area contributed by atoms with E-state index in [0.29, 0.717) is 18.5 Å². The highest BCUT2D eigenvalue weighted by Crippen LogP contribution is 2.38. The molecule has 2 saturated carbocycles. The summed E-state index contributed by atoms with van der Waals surface area (Å²) in [6.07, 6.45) is 7.16. The molecule has 0 unspecified atom stereocenters. The summed E-state index contributed by atoms with van der Waals surface area (Å²) in [5, 5.41) is 7.30. The zero-order valence-corrected chi connectivity index (χ0v) is 15.1. The first-order valence-electron chi connectivity index (χ1n) is 9.78. The van der Waals surface area contributed by atoms with Gasteiger partial charge in [-0.05, 0) is 32.6 Å². The van der Waals surface area contributed by atoms with Crippen LogP contribution in [-0.4, -0.2) is 64.6 Å². The fourth-order valence-corrected chi connectivity index (χ4v) is 3.94. The quantitative estimate of drug-likeness (QED) is 0.844. The molecule has 0 radical (unpaired) electrons. The second-order valence-corrected chi connectivity index (χ2v) is 7.80. The zero-order valence-electron chi connectivity index (χ0n) is 15.1. The highest BCUT2D eigenvalue weighted by Gasteiger charge is 2.31. The minimum Gasteiger partial charge on any atom is -0.352 e. The molecule has 2 aliphatic carbocycles. The topological polar surface area (TPSA) is 74.5 Å². The maximum atomic E-state index is 12.2. The second-order valence-electron chi connectivity index (χ2n) is 7.80. The predicted octanol–water partition coefficient (Wildman–Crippen LogP) is 1.68. The second kappa shape index (κ2) is 7.41. The molecule has 1 saturated heterocycles. The lowest BCUT2D eigenvalue weighted by Crippen LogP contribution is -2.50. The molecular weight excluding hydrogens is 318 g/mol. The van der Waals surface area contributed by atoms with Crippen molar-refractivity contribution < 1.29 is 9.32 Å². The Hall–Kier alpha value is -1.47. The summed E-state index contributed by atoms with van der Waals surface area (Å²) >= 11 is 0. The molecule has 1 aromatic rings. The standard InChI is InChI=1S/C18H29N5O2/c1-13(18-20-17(21-25-18)14-6-7-14)23-10-8-22(9-11-23)12-16(24)19-15-4-2-3-5-15/h13-15H,2-12H2,1H3,(H,19,24)/t13-/m1/s1. The summed E-state index contributed by atoms with van der Waals surface area (Å²) < 4.78 is 5.47. The molecule has 1 amide bonds. The number of piperazine rings is 1. The number of amides is 1. The van der Waals surface area contributed by atoms with Gasteiger partial charge < -0.3 is 9.84 Å². The van der Waals surface area contributed by atoms with Gasteiger partial charge in [-0.25, -0.2) is 0 Å². The van der Waals surface area contributed by atoms with Gasteiger partial charge in [0.1, 0.15) is 0 Å². The molecule has 7 nitrogen and oxygen atoms in total. The van der Waals surface area contributed by atoms with E-state index in [1.807, 2.05) is 0 Å². The fourth-order valence-electron chi connectivity index (χ4n) is 3.94. The van der Waals surface area contributed by atoms with Crippen molar-refractivity contribution in [3.05, 3.63) is 11.7 Å². The van der Waals surface area contributed by atoms with Crippen molar-refractivity contribution in [3.8, 4) is 0 Å². The van der Waals surface area contributed by atoms with E-state index in [0.717, 1.165) is 50.7 Å². The first kappa shape index (κ1) is 17.0. The lowest BCUT2D eigenvalue weighted by molar-refractivity contribution is -0.123. The van der Waals surface area contributed by atoms with Gasteiger partial charge in [0, 0.05) is 38.1 Å². The average Bonchev–Trinajstić information content (AvgIpc) is 3.13. The highest BCUT2D eigenvalue weighted by atomic mass is 16.5. The lowest BCUT2D eigenvalue weighted by atomic mass is 10.2. The molecule has 1 aromatic heterocycles. The van der Waals surface area contributed by atoms with Gasteiger partial charge in [-0.3, -0.25) is 14.6 Å². The third-order valence-electron chi connectivity index (χ3n) is 5.80. The van der Waals surface area contributed by atoms with Crippen molar-refractivity contribution in [2.45, 2.75) is 63.5 Å². The van der Waals surface area contributed by atoms with Crippen molar-refractivity contribution >= 4 is 5.91 Å². The normalized spacial score (nSPS) is 24.5. The molecule has 1 aliphatic heterocycles. The van der Waals surface area contributed by atoms with Crippen LogP contribution in [0.25, 0.3) is 0 Å². The number of carbonyl (C=O) groups excluding carboxylic acids is 1.